The van der Waals surface area contributed by atoms with Crippen LogP contribution in [0.2, 0.25) is 0 Å². The van der Waals surface area contributed by atoms with Crippen molar-refractivity contribution in [1.82, 2.24) is 9.13 Å². The molecule has 0 amide bonds. The van der Waals surface area contributed by atoms with E-state index in [1.54, 1.807) is 0 Å². The molecule has 0 fully saturated rings. The Morgan fingerprint density at radius 1 is 0.327 bits per heavy atom. The summed E-state index contributed by atoms with van der Waals surface area (Å²) in [4.78, 5) is 0. The van der Waals surface area contributed by atoms with Crippen LogP contribution in [0, 0.1) is 0 Å². The van der Waals surface area contributed by atoms with Crippen molar-refractivity contribution in [3.63, 3.8) is 0 Å². The maximum Gasteiger partial charge on any atom is 0.143 e. The normalized spacial score (nSPS) is 12.0. The van der Waals surface area contributed by atoms with Crippen LogP contribution in [-0.2, 0) is 0 Å². The van der Waals surface area contributed by atoms with Crippen LogP contribution < -0.4 is 0 Å². The maximum atomic E-state index is 6.50. The Kier molecular flexibility index (Phi) is 6.34. The Morgan fingerprint density at radius 3 is 1.80 bits per heavy atom. The third-order valence-electron chi connectivity index (χ3n) is 11.5. The van der Waals surface area contributed by atoms with Gasteiger partial charge >= 0.3 is 0 Å². The van der Waals surface area contributed by atoms with Crippen molar-refractivity contribution in [3.8, 4) is 33.6 Å². The predicted molar refractivity (Wildman–Crippen MR) is 231 cm³/mol. The quantitative estimate of drug-likeness (QED) is 0.179. The lowest BCUT2D eigenvalue weighted by molar-refractivity contribution is 0.670. The molecule has 9 aromatic carbocycles. The molecular weight excluding hydrogens is 669 g/mol. The summed E-state index contributed by atoms with van der Waals surface area (Å²) in [5, 5.41) is 9.77. The Labute approximate surface area is 316 Å². The van der Waals surface area contributed by atoms with Crippen LogP contribution in [0.3, 0.4) is 0 Å². The molecule has 3 heterocycles. The fourth-order valence-corrected chi connectivity index (χ4v) is 9.03. The van der Waals surface area contributed by atoms with Gasteiger partial charge in [0.2, 0.25) is 0 Å². The summed E-state index contributed by atoms with van der Waals surface area (Å²) in [5.74, 6) is 0. The van der Waals surface area contributed by atoms with E-state index in [1.807, 2.05) is 6.07 Å². The molecule has 0 bridgehead atoms. The maximum absolute atomic E-state index is 6.50. The topological polar surface area (TPSA) is 23.0 Å². The first-order valence-electron chi connectivity index (χ1n) is 18.8. The van der Waals surface area contributed by atoms with Gasteiger partial charge in [0.05, 0.1) is 22.1 Å². The number of nitrogens with zero attached hydrogens (tertiary/aromatic N) is 2. The van der Waals surface area contributed by atoms with Gasteiger partial charge in [0.15, 0.2) is 0 Å². The van der Waals surface area contributed by atoms with Crippen molar-refractivity contribution in [3.05, 3.63) is 194 Å². The van der Waals surface area contributed by atoms with Gasteiger partial charge in [0, 0.05) is 49.3 Å². The highest BCUT2D eigenvalue weighted by Crippen LogP contribution is 2.41. The molecule has 12 rings (SSSR count). The zero-order chi connectivity index (χ0) is 36.0. The van der Waals surface area contributed by atoms with Crippen LogP contribution in [-0.4, -0.2) is 9.13 Å². The Balaban J connectivity index is 1.01. The van der Waals surface area contributed by atoms with Crippen molar-refractivity contribution in [2.75, 3.05) is 0 Å². The van der Waals surface area contributed by atoms with Crippen molar-refractivity contribution in [2.24, 2.45) is 0 Å². The van der Waals surface area contributed by atoms with E-state index in [1.165, 1.54) is 71.2 Å². The van der Waals surface area contributed by atoms with E-state index in [0.717, 1.165) is 38.8 Å². The number of furan rings is 1. The van der Waals surface area contributed by atoms with Crippen molar-refractivity contribution >= 4 is 76.3 Å². The molecule has 256 valence electrons. The summed E-state index contributed by atoms with van der Waals surface area (Å²) in [5.41, 5.74) is 13.6. The van der Waals surface area contributed by atoms with Crippen LogP contribution in [0.1, 0.15) is 0 Å². The first-order chi connectivity index (χ1) is 27.3. The number of benzene rings is 9. The highest BCUT2D eigenvalue weighted by molar-refractivity contribution is 6.22. The molecule has 0 N–H and O–H groups in total. The second kappa shape index (κ2) is 11.6. The lowest BCUT2D eigenvalue weighted by atomic mass is 9.99. The number of hydrogen-bond acceptors (Lipinski definition) is 1. The van der Waals surface area contributed by atoms with Crippen molar-refractivity contribution in [1.29, 1.82) is 0 Å². The monoisotopic (exact) mass is 700 g/mol. The minimum atomic E-state index is 0.901. The standard InChI is InChI=1S/C52H32N2O/c1-3-12-33(13-4-1)40-18-11-19-42-45-32-35(24-29-50(45)55-52(40)42)34-22-27-48-44(31-34)41-16-7-9-20-46(41)54(48)38-25-26-39-36(30-38)23-28-49-51(39)43-17-8-10-21-47(43)53(49)37-14-5-2-6-15-37/h1-32H. The molecule has 3 nitrogen and oxygen atoms in total. The Morgan fingerprint density at radius 2 is 0.964 bits per heavy atom. The van der Waals surface area contributed by atoms with Gasteiger partial charge in [-0.1, -0.05) is 127 Å². The van der Waals surface area contributed by atoms with Gasteiger partial charge < -0.3 is 13.6 Å². The lowest BCUT2D eigenvalue weighted by Crippen LogP contribution is -1.94. The molecule has 3 heteroatoms. The summed E-state index contributed by atoms with van der Waals surface area (Å²) in [7, 11) is 0. The van der Waals surface area contributed by atoms with E-state index in [2.05, 4.69) is 197 Å². The molecule has 0 unspecified atom stereocenters. The molecule has 55 heavy (non-hydrogen) atoms. The fraction of sp³-hybridized carbons (Fsp3) is 0. The summed E-state index contributed by atoms with van der Waals surface area (Å²) in [6.45, 7) is 0. The molecule has 0 atom stereocenters. The van der Waals surface area contributed by atoms with Crippen molar-refractivity contribution in [2.45, 2.75) is 0 Å². The minimum Gasteiger partial charge on any atom is -0.455 e. The van der Waals surface area contributed by atoms with Crippen LogP contribution >= 0.6 is 0 Å². The summed E-state index contributed by atoms with van der Waals surface area (Å²) < 4.78 is 11.3. The fourth-order valence-electron chi connectivity index (χ4n) is 9.03. The summed E-state index contributed by atoms with van der Waals surface area (Å²) in [6.07, 6.45) is 0. The SMILES string of the molecule is c1ccc(-c2cccc3c2oc2ccc(-c4ccc5c(c4)c4ccccc4n5-c4ccc5c(ccc6c5c5ccccc5n6-c5ccccc5)c4)cc23)cc1. The van der Waals surface area contributed by atoms with Crippen molar-refractivity contribution < 1.29 is 4.42 Å². The van der Waals surface area contributed by atoms with Gasteiger partial charge in [-0.05, 0) is 94.2 Å². The Hall–Kier alpha value is -7.36. The molecular formula is C52H32N2O. The minimum absolute atomic E-state index is 0.901. The lowest BCUT2D eigenvalue weighted by Gasteiger charge is -2.11. The predicted octanol–water partition coefficient (Wildman–Crippen LogP) is 14.3. The van der Waals surface area contributed by atoms with E-state index in [4.69, 9.17) is 4.42 Å². The van der Waals surface area contributed by atoms with Gasteiger partial charge in [-0.15, -0.1) is 0 Å². The third kappa shape index (κ3) is 4.44. The van der Waals surface area contributed by atoms with E-state index in [9.17, 15) is 0 Å². The molecule has 0 saturated carbocycles. The Bertz CT molecular complexity index is 3470. The number of aromatic nitrogens is 2. The average molecular weight is 701 g/mol. The zero-order valence-corrected chi connectivity index (χ0v) is 29.8. The van der Waals surface area contributed by atoms with Gasteiger partial charge in [-0.2, -0.15) is 0 Å². The number of hydrogen-bond donors (Lipinski definition) is 0. The molecule has 0 aliphatic carbocycles. The largest absolute Gasteiger partial charge is 0.455 e. The molecule has 0 saturated heterocycles. The van der Waals surface area contributed by atoms with Crippen LogP contribution in [0.25, 0.3) is 110 Å². The molecule has 0 spiro atoms. The molecule has 3 aromatic heterocycles. The first-order valence-corrected chi connectivity index (χ1v) is 18.8. The van der Waals surface area contributed by atoms with Gasteiger partial charge in [0.25, 0.3) is 0 Å². The van der Waals surface area contributed by atoms with E-state index in [-0.39, 0.29) is 0 Å². The highest BCUT2D eigenvalue weighted by Gasteiger charge is 2.18. The van der Waals surface area contributed by atoms with Gasteiger partial charge in [-0.3, -0.25) is 0 Å². The van der Waals surface area contributed by atoms with Crippen LogP contribution in [0.15, 0.2) is 199 Å². The second-order valence-electron chi connectivity index (χ2n) is 14.5. The summed E-state index contributed by atoms with van der Waals surface area (Å²) in [6, 6.07) is 70.2. The number of para-hydroxylation sites is 4. The van der Waals surface area contributed by atoms with E-state index >= 15 is 0 Å². The highest BCUT2D eigenvalue weighted by atomic mass is 16.3. The summed E-state index contributed by atoms with van der Waals surface area (Å²) >= 11 is 0. The molecule has 0 aliphatic heterocycles. The molecule has 12 aromatic rings. The first kappa shape index (κ1) is 30.1. The van der Waals surface area contributed by atoms with Gasteiger partial charge in [0.1, 0.15) is 11.2 Å². The second-order valence-corrected chi connectivity index (χ2v) is 14.5. The number of fused-ring (bicyclic) bond motifs is 11. The smallest absolute Gasteiger partial charge is 0.143 e. The number of rotatable bonds is 4. The zero-order valence-electron chi connectivity index (χ0n) is 29.8. The van der Waals surface area contributed by atoms with E-state index < -0.39 is 0 Å². The van der Waals surface area contributed by atoms with E-state index in [0.29, 0.717) is 0 Å². The van der Waals surface area contributed by atoms with Gasteiger partial charge in [-0.25, -0.2) is 0 Å². The molecule has 0 radical (unpaired) electrons. The van der Waals surface area contributed by atoms with Crippen LogP contribution in [0.4, 0.5) is 0 Å². The van der Waals surface area contributed by atoms with Crippen LogP contribution in [0.5, 0.6) is 0 Å². The molecule has 0 aliphatic rings. The average Bonchev–Trinajstić information content (AvgIpc) is 3.91. The third-order valence-corrected chi connectivity index (χ3v) is 11.5.